The van der Waals surface area contributed by atoms with E-state index in [0.717, 1.165) is 6.54 Å². The molecule has 0 heterocycles. The van der Waals surface area contributed by atoms with Crippen molar-refractivity contribution in [1.82, 2.24) is 9.80 Å². The third-order valence-corrected chi connectivity index (χ3v) is 7.15. The lowest BCUT2D eigenvalue weighted by molar-refractivity contribution is 0.0767. The van der Waals surface area contributed by atoms with Gasteiger partial charge in [0.1, 0.15) is 0 Å². The van der Waals surface area contributed by atoms with Crippen molar-refractivity contribution in [1.29, 1.82) is 0 Å². The van der Waals surface area contributed by atoms with Gasteiger partial charge in [0.2, 0.25) is 0 Å². The number of hydrogen-bond donors (Lipinski definition) is 1. The molecule has 0 aliphatic heterocycles. The van der Waals surface area contributed by atoms with E-state index in [1.165, 1.54) is 44.2 Å². The van der Waals surface area contributed by atoms with Crippen LogP contribution in [-0.2, 0) is 10.0 Å². The van der Waals surface area contributed by atoms with Crippen LogP contribution in [0.5, 0.6) is 0 Å². The molecule has 1 aliphatic carbocycles. The Hall–Kier alpha value is -2.38. The van der Waals surface area contributed by atoms with Crippen LogP contribution in [0.25, 0.3) is 0 Å². The summed E-state index contributed by atoms with van der Waals surface area (Å²) in [4.78, 5) is 17.1. The Kier molecular flexibility index (Phi) is 7.50. The molecule has 6 nitrogen and oxygen atoms in total. The third-order valence-electron chi connectivity index (χ3n) is 5.75. The molecular formula is C23H31N3O3S. The Balaban J connectivity index is 1.61. The van der Waals surface area contributed by atoms with E-state index in [1.54, 1.807) is 54.4 Å². The van der Waals surface area contributed by atoms with Crippen molar-refractivity contribution < 1.29 is 13.2 Å². The summed E-state index contributed by atoms with van der Waals surface area (Å²) in [6.45, 7) is 1.46. The highest BCUT2D eigenvalue weighted by Gasteiger charge is 2.20. The zero-order valence-corrected chi connectivity index (χ0v) is 18.6. The van der Waals surface area contributed by atoms with Crippen LogP contribution in [-0.4, -0.2) is 57.4 Å². The highest BCUT2D eigenvalue weighted by atomic mass is 32.2. The molecule has 0 unspecified atom stereocenters. The first-order valence-corrected chi connectivity index (χ1v) is 12.0. The first-order chi connectivity index (χ1) is 14.4. The van der Waals surface area contributed by atoms with Gasteiger partial charge >= 0.3 is 0 Å². The molecule has 0 bridgehead atoms. The maximum absolute atomic E-state index is 12.9. The predicted molar refractivity (Wildman–Crippen MR) is 120 cm³/mol. The molecule has 1 aliphatic rings. The molecule has 30 heavy (non-hydrogen) atoms. The molecule has 0 saturated heterocycles. The van der Waals surface area contributed by atoms with Crippen molar-refractivity contribution in [3.8, 4) is 0 Å². The fraction of sp³-hybridized carbons (Fsp3) is 0.435. The number of nitrogens with one attached hydrogen (secondary N) is 1. The van der Waals surface area contributed by atoms with Crippen LogP contribution in [0.3, 0.4) is 0 Å². The van der Waals surface area contributed by atoms with Crippen molar-refractivity contribution in [3.05, 3.63) is 60.2 Å². The summed E-state index contributed by atoms with van der Waals surface area (Å²) in [5.74, 6) is -0.118. The van der Waals surface area contributed by atoms with Gasteiger partial charge in [0.05, 0.1) is 4.90 Å². The second-order valence-electron chi connectivity index (χ2n) is 8.00. The van der Waals surface area contributed by atoms with Crippen molar-refractivity contribution in [2.24, 2.45) is 0 Å². The number of carbonyl (C=O) groups excluding carboxylic acids is 1. The van der Waals surface area contributed by atoms with Gasteiger partial charge in [-0.25, -0.2) is 8.42 Å². The minimum atomic E-state index is -3.69. The lowest BCUT2D eigenvalue weighted by atomic mass is 9.94. The summed E-state index contributed by atoms with van der Waals surface area (Å²) in [6, 6.07) is 15.4. The smallest absolute Gasteiger partial charge is 0.261 e. The van der Waals surface area contributed by atoms with Crippen molar-refractivity contribution in [2.75, 3.05) is 31.9 Å². The quantitative estimate of drug-likeness (QED) is 0.693. The van der Waals surface area contributed by atoms with Crippen LogP contribution in [0, 0.1) is 0 Å². The zero-order chi connectivity index (χ0) is 21.6. The lowest BCUT2D eigenvalue weighted by Crippen LogP contribution is -2.40. The Morgan fingerprint density at radius 3 is 2.37 bits per heavy atom. The van der Waals surface area contributed by atoms with Crippen LogP contribution in [0.1, 0.15) is 42.5 Å². The van der Waals surface area contributed by atoms with Gasteiger partial charge in [-0.2, -0.15) is 0 Å². The summed E-state index contributed by atoms with van der Waals surface area (Å²) in [6.07, 6.45) is 6.37. The predicted octanol–water partition coefficient (Wildman–Crippen LogP) is 3.82. The highest BCUT2D eigenvalue weighted by Crippen LogP contribution is 2.22. The molecular weight excluding hydrogens is 398 g/mol. The molecule has 1 N–H and O–H groups in total. The number of hydrogen-bond acceptors (Lipinski definition) is 4. The number of nitrogens with zero attached hydrogens (tertiary/aromatic N) is 2. The number of anilines is 1. The minimum Gasteiger partial charge on any atom is -0.340 e. The average Bonchev–Trinajstić information content (AvgIpc) is 2.77. The number of sulfonamides is 1. The van der Waals surface area contributed by atoms with E-state index < -0.39 is 10.0 Å². The van der Waals surface area contributed by atoms with Gasteiger partial charge < -0.3 is 9.80 Å². The number of likely N-dealkylation sites (N-methyl/N-ethyl adjacent to an activating group) is 2. The summed E-state index contributed by atoms with van der Waals surface area (Å²) in [7, 11) is 0.230. The zero-order valence-electron chi connectivity index (χ0n) is 17.8. The molecule has 162 valence electrons. The summed E-state index contributed by atoms with van der Waals surface area (Å²) < 4.78 is 27.6. The van der Waals surface area contributed by atoms with Gasteiger partial charge in [0.15, 0.2) is 0 Å². The van der Waals surface area contributed by atoms with Gasteiger partial charge in [-0.1, -0.05) is 43.5 Å². The van der Waals surface area contributed by atoms with Crippen molar-refractivity contribution in [2.45, 2.75) is 43.0 Å². The van der Waals surface area contributed by atoms with E-state index in [-0.39, 0.29) is 10.8 Å². The van der Waals surface area contributed by atoms with E-state index in [0.29, 0.717) is 23.8 Å². The van der Waals surface area contributed by atoms with Crippen LogP contribution in [0.15, 0.2) is 59.5 Å². The molecule has 2 aromatic rings. The SMILES string of the molecule is CN(CCN(C)C1CCCCC1)C(=O)c1cccc(NS(=O)(=O)c2ccccc2)c1. The maximum atomic E-state index is 12.9. The molecule has 1 saturated carbocycles. The molecule has 0 radical (unpaired) electrons. The largest absolute Gasteiger partial charge is 0.340 e. The second kappa shape index (κ2) is 10.1. The van der Waals surface area contributed by atoms with Crippen LogP contribution in [0.2, 0.25) is 0 Å². The average molecular weight is 430 g/mol. The molecule has 7 heteroatoms. The first kappa shape index (κ1) is 22.3. The fourth-order valence-electron chi connectivity index (χ4n) is 3.86. The highest BCUT2D eigenvalue weighted by molar-refractivity contribution is 7.92. The van der Waals surface area contributed by atoms with Crippen LogP contribution in [0.4, 0.5) is 5.69 Å². The molecule has 1 fully saturated rings. The normalized spacial score (nSPS) is 15.2. The van der Waals surface area contributed by atoms with Gasteiger partial charge in [0, 0.05) is 37.4 Å². The van der Waals surface area contributed by atoms with Gasteiger partial charge in [0.25, 0.3) is 15.9 Å². The van der Waals surface area contributed by atoms with Crippen LogP contribution < -0.4 is 4.72 Å². The Morgan fingerprint density at radius 2 is 1.67 bits per heavy atom. The maximum Gasteiger partial charge on any atom is 0.261 e. The monoisotopic (exact) mass is 429 g/mol. The third kappa shape index (κ3) is 5.83. The standard InChI is InChI=1S/C23H31N3O3S/c1-25(21-12-5-3-6-13-21)16-17-26(2)23(27)19-10-9-11-20(18-19)24-30(28,29)22-14-7-4-8-15-22/h4,7-11,14-15,18,21,24H,3,5-6,12-13,16-17H2,1-2H3. The van der Waals surface area contributed by atoms with Crippen molar-refractivity contribution >= 4 is 21.6 Å². The summed E-state index contributed by atoms with van der Waals surface area (Å²) in [5, 5.41) is 0. The van der Waals surface area contributed by atoms with E-state index in [9.17, 15) is 13.2 Å². The number of benzene rings is 2. The first-order valence-electron chi connectivity index (χ1n) is 10.5. The Morgan fingerprint density at radius 1 is 0.967 bits per heavy atom. The Labute approximate surface area is 179 Å². The van der Waals surface area contributed by atoms with Gasteiger partial charge in [-0.15, -0.1) is 0 Å². The Bertz CT molecular complexity index is 941. The number of carbonyl (C=O) groups is 1. The molecule has 2 aromatic carbocycles. The summed E-state index contributed by atoms with van der Waals surface area (Å²) >= 11 is 0. The van der Waals surface area contributed by atoms with E-state index in [4.69, 9.17) is 0 Å². The number of amides is 1. The van der Waals surface area contributed by atoms with Crippen molar-refractivity contribution in [3.63, 3.8) is 0 Å². The molecule has 0 atom stereocenters. The fourth-order valence-corrected chi connectivity index (χ4v) is 4.93. The molecule has 3 rings (SSSR count). The van der Waals surface area contributed by atoms with E-state index >= 15 is 0 Å². The van der Waals surface area contributed by atoms with E-state index in [1.807, 2.05) is 0 Å². The number of rotatable bonds is 8. The van der Waals surface area contributed by atoms with Gasteiger partial charge in [-0.05, 0) is 50.2 Å². The topological polar surface area (TPSA) is 69.7 Å². The van der Waals surface area contributed by atoms with Gasteiger partial charge in [-0.3, -0.25) is 9.52 Å². The molecule has 0 aromatic heterocycles. The lowest BCUT2D eigenvalue weighted by Gasteiger charge is -2.32. The molecule has 1 amide bonds. The minimum absolute atomic E-state index is 0.118. The summed E-state index contributed by atoms with van der Waals surface area (Å²) in [5.41, 5.74) is 0.837. The van der Waals surface area contributed by atoms with E-state index in [2.05, 4.69) is 16.7 Å². The second-order valence-corrected chi connectivity index (χ2v) is 9.68. The molecule has 0 spiro atoms. The van der Waals surface area contributed by atoms with Crippen LogP contribution >= 0.6 is 0 Å².